The van der Waals surface area contributed by atoms with E-state index in [1.54, 1.807) is 13.8 Å². The first-order valence-electron chi connectivity index (χ1n) is 27.9. The molecule has 0 saturated heterocycles. The Hall–Kier alpha value is -2.37. The van der Waals surface area contributed by atoms with Crippen LogP contribution < -0.4 is 0 Å². The lowest BCUT2D eigenvalue weighted by atomic mass is 10.1. The zero-order chi connectivity index (χ0) is 46.9. The molecule has 0 rings (SSSR count). The van der Waals surface area contributed by atoms with Crippen molar-refractivity contribution in [3.05, 3.63) is 36.5 Å². The molecule has 6 heteroatoms. The van der Waals surface area contributed by atoms with E-state index in [4.69, 9.17) is 14.2 Å². The van der Waals surface area contributed by atoms with Gasteiger partial charge in [0.2, 0.25) is 0 Å². The van der Waals surface area contributed by atoms with Gasteiger partial charge in [-0.3, -0.25) is 14.4 Å². The van der Waals surface area contributed by atoms with Crippen LogP contribution in [0.2, 0.25) is 0 Å². The minimum atomic E-state index is -1.67. The number of ether oxygens (including phenoxy) is 3. The van der Waals surface area contributed by atoms with Gasteiger partial charge in [-0.25, -0.2) is 0 Å². The maximum atomic E-state index is 13.1. The van der Waals surface area contributed by atoms with Gasteiger partial charge < -0.3 is 14.2 Å². The van der Waals surface area contributed by atoms with E-state index in [1.165, 1.54) is 154 Å². The van der Waals surface area contributed by atoms with Gasteiger partial charge in [0.25, 0.3) is 5.79 Å². The number of hydrogen-bond acceptors (Lipinski definition) is 6. The van der Waals surface area contributed by atoms with E-state index in [1.807, 2.05) is 0 Å². The number of rotatable bonds is 49. The van der Waals surface area contributed by atoms with Gasteiger partial charge in [0, 0.05) is 26.2 Å². The van der Waals surface area contributed by atoms with Crippen molar-refractivity contribution < 1.29 is 28.6 Å². The topological polar surface area (TPSA) is 78.9 Å². The van der Waals surface area contributed by atoms with Crippen LogP contribution in [-0.2, 0) is 28.6 Å². The van der Waals surface area contributed by atoms with Crippen molar-refractivity contribution in [3.63, 3.8) is 0 Å². The summed E-state index contributed by atoms with van der Waals surface area (Å²) < 4.78 is 17.5. The number of carbonyl (C=O) groups is 3. The SMILES string of the molecule is CCCCCCCC/C=C\CCCCCCCC(=O)OC(C)C(C)(OC(=O)CCCCCCC/C=C\CCCCCCCC)OC(=O)CCCCCCC/C=C\CCCCCCCC. The molecule has 0 N–H and O–H groups in total. The minimum Gasteiger partial charge on any atom is -0.454 e. The molecule has 0 saturated carbocycles. The van der Waals surface area contributed by atoms with Crippen molar-refractivity contribution in [2.24, 2.45) is 0 Å². The highest BCUT2D eigenvalue weighted by Crippen LogP contribution is 2.25. The predicted octanol–water partition coefficient (Wildman–Crippen LogP) is 18.8. The molecule has 0 aliphatic rings. The number of unbranched alkanes of at least 4 members (excludes halogenated alkanes) is 33. The van der Waals surface area contributed by atoms with Gasteiger partial charge >= 0.3 is 17.9 Å². The maximum Gasteiger partial charge on any atom is 0.309 e. The third kappa shape index (κ3) is 43.5. The molecule has 0 fully saturated rings. The zero-order valence-electron chi connectivity index (χ0n) is 43.2. The van der Waals surface area contributed by atoms with Crippen molar-refractivity contribution in [2.75, 3.05) is 0 Å². The smallest absolute Gasteiger partial charge is 0.309 e. The average Bonchev–Trinajstić information content (AvgIpc) is 3.27. The van der Waals surface area contributed by atoms with E-state index in [-0.39, 0.29) is 18.8 Å². The second-order valence-electron chi connectivity index (χ2n) is 19.1. The molecule has 0 aromatic rings. The first-order valence-corrected chi connectivity index (χ1v) is 27.9. The number of hydrogen-bond donors (Lipinski definition) is 0. The Kier molecular flexibility index (Phi) is 46.8. The number of carbonyl (C=O) groups excluding carboxylic acids is 3. The minimum absolute atomic E-state index is 0.245. The highest BCUT2D eigenvalue weighted by Gasteiger charge is 2.42. The van der Waals surface area contributed by atoms with Crippen LogP contribution in [-0.4, -0.2) is 29.8 Å². The normalized spacial score (nSPS) is 12.5. The van der Waals surface area contributed by atoms with Crippen molar-refractivity contribution in [2.45, 2.75) is 316 Å². The molecule has 374 valence electrons. The van der Waals surface area contributed by atoms with E-state index in [0.717, 1.165) is 96.3 Å². The van der Waals surface area contributed by atoms with Gasteiger partial charge in [-0.05, 0) is 103 Å². The van der Waals surface area contributed by atoms with Gasteiger partial charge in [-0.1, -0.05) is 211 Å². The third-order valence-electron chi connectivity index (χ3n) is 12.6. The van der Waals surface area contributed by atoms with Crippen molar-refractivity contribution in [3.8, 4) is 0 Å². The Balaban J connectivity index is 4.66. The summed E-state index contributed by atoms with van der Waals surface area (Å²) in [6, 6.07) is 0. The van der Waals surface area contributed by atoms with E-state index in [9.17, 15) is 14.4 Å². The lowest BCUT2D eigenvalue weighted by molar-refractivity contribution is -0.256. The maximum absolute atomic E-state index is 13.1. The Morgan fingerprint density at radius 1 is 0.344 bits per heavy atom. The molecule has 0 aliphatic carbocycles. The van der Waals surface area contributed by atoms with Crippen LogP contribution >= 0.6 is 0 Å². The largest absolute Gasteiger partial charge is 0.454 e. The first-order chi connectivity index (χ1) is 31.3. The van der Waals surface area contributed by atoms with Crippen LogP contribution in [0.4, 0.5) is 0 Å². The van der Waals surface area contributed by atoms with Gasteiger partial charge in [0.15, 0.2) is 6.10 Å². The van der Waals surface area contributed by atoms with E-state index in [2.05, 4.69) is 57.2 Å². The first kappa shape index (κ1) is 61.6. The van der Waals surface area contributed by atoms with Crippen LogP contribution in [0.5, 0.6) is 0 Å². The van der Waals surface area contributed by atoms with Gasteiger partial charge in [0.05, 0.1) is 0 Å². The molecule has 0 aromatic carbocycles. The highest BCUT2D eigenvalue weighted by atomic mass is 16.8. The quantitative estimate of drug-likeness (QED) is 0.0262. The van der Waals surface area contributed by atoms with Crippen molar-refractivity contribution >= 4 is 17.9 Å². The van der Waals surface area contributed by atoms with Crippen LogP contribution in [0.25, 0.3) is 0 Å². The van der Waals surface area contributed by atoms with Crippen LogP contribution in [0.15, 0.2) is 36.5 Å². The lowest BCUT2D eigenvalue weighted by Crippen LogP contribution is -2.48. The van der Waals surface area contributed by atoms with Crippen LogP contribution in [0.3, 0.4) is 0 Å². The molecule has 64 heavy (non-hydrogen) atoms. The molecule has 6 nitrogen and oxygen atoms in total. The van der Waals surface area contributed by atoms with E-state index in [0.29, 0.717) is 6.42 Å². The molecule has 1 unspecified atom stereocenters. The fourth-order valence-electron chi connectivity index (χ4n) is 8.12. The van der Waals surface area contributed by atoms with Gasteiger partial charge in [-0.15, -0.1) is 0 Å². The summed E-state index contributed by atoms with van der Waals surface area (Å²) in [6.07, 6.45) is 60.2. The fourth-order valence-corrected chi connectivity index (χ4v) is 8.12. The summed E-state index contributed by atoms with van der Waals surface area (Å²) in [5.41, 5.74) is 0. The predicted molar refractivity (Wildman–Crippen MR) is 274 cm³/mol. The molecular weight excluding hydrogens is 793 g/mol. The summed E-state index contributed by atoms with van der Waals surface area (Å²) in [7, 11) is 0. The second kappa shape index (κ2) is 48.6. The molecule has 0 aromatic heterocycles. The van der Waals surface area contributed by atoms with Crippen molar-refractivity contribution in [1.82, 2.24) is 0 Å². The number of esters is 3. The molecule has 0 aliphatic heterocycles. The summed E-state index contributed by atoms with van der Waals surface area (Å²) in [4.78, 5) is 39.2. The Labute approximate surface area is 397 Å². The number of allylic oxidation sites excluding steroid dienone is 6. The molecule has 0 radical (unpaired) electrons. The average molecular weight is 899 g/mol. The molecule has 0 heterocycles. The van der Waals surface area contributed by atoms with Crippen LogP contribution in [0.1, 0.15) is 304 Å². The monoisotopic (exact) mass is 899 g/mol. The zero-order valence-corrected chi connectivity index (χ0v) is 43.2. The van der Waals surface area contributed by atoms with Gasteiger partial charge in [0.1, 0.15) is 0 Å². The standard InChI is InChI=1S/C58H106O6/c1-6-9-12-15-18-21-24-27-30-33-36-39-42-45-48-51-55(59)62-54(4)58(5,63-56(60)52-49-46-43-40-37-34-31-28-25-22-19-16-13-10-7-2)64-57(61)53-50-47-44-41-38-35-32-29-26-23-20-17-14-11-8-3/h27-32,54H,6-26,33-53H2,1-5H3/b30-27-,31-28-,32-29-. The lowest BCUT2D eigenvalue weighted by Gasteiger charge is -2.34. The van der Waals surface area contributed by atoms with Crippen LogP contribution in [0, 0.1) is 0 Å². The Morgan fingerprint density at radius 2 is 0.562 bits per heavy atom. The van der Waals surface area contributed by atoms with E-state index < -0.39 is 23.8 Å². The van der Waals surface area contributed by atoms with Gasteiger partial charge in [-0.2, -0.15) is 0 Å². The summed E-state index contributed by atoms with van der Waals surface area (Å²) >= 11 is 0. The summed E-state index contributed by atoms with van der Waals surface area (Å²) in [5, 5.41) is 0. The summed E-state index contributed by atoms with van der Waals surface area (Å²) in [6.45, 7) is 10.0. The highest BCUT2D eigenvalue weighted by molar-refractivity contribution is 5.73. The Bertz CT molecular complexity index is 1070. The third-order valence-corrected chi connectivity index (χ3v) is 12.6. The fraction of sp³-hybridized carbons (Fsp3) is 0.845. The molecule has 1 atom stereocenters. The Morgan fingerprint density at radius 3 is 0.828 bits per heavy atom. The summed E-state index contributed by atoms with van der Waals surface area (Å²) in [5.74, 6) is -2.86. The second-order valence-corrected chi connectivity index (χ2v) is 19.1. The molecule has 0 amide bonds. The molecule has 0 bridgehead atoms. The van der Waals surface area contributed by atoms with Crippen molar-refractivity contribution in [1.29, 1.82) is 0 Å². The molecule has 0 spiro atoms. The molecular formula is C58H106O6. The van der Waals surface area contributed by atoms with E-state index >= 15 is 0 Å².